The van der Waals surface area contributed by atoms with E-state index in [1.807, 2.05) is 37.3 Å². The third kappa shape index (κ3) is 5.90. The van der Waals surface area contributed by atoms with Gasteiger partial charge in [0.25, 0.3) is 0 Å². The summed E-state index contributed by atoms with van der Waals surface area (Å²) in [5, 5.41) is 2.86. The van der Waals surface area contributed by atoms with Gasteiger partial charge in [0.2, 0.25) is 15.9 Å². The molecule has 6 heteroatoms. The van der Waals surface area contributed by atoms with Crippen molar-refractivity contribution in [2.24, 2.45) is 0 Å². The van der Waals surface area contributed by atoms with E-state index in [1.165, 1.54) is 0 Å². The summed E-state index contributed by atoms with van der Waals surface area (Å²) in [6.07, 6.45) is 1.58. The first-order chi connectivity index (χ1) is 11.9. The molecule has 0 radical (unpaired) electrons. The molecule has 0 saturated heterocycles. The van der Waals surface area contributed by atoms with Crippen molar-refractivity contribution < 1.29 is 13.2 Å². The van der Waals surface area contributed by atoms with Gasteiger partial charge in [0.1, 0.15) is 0 Å². The Bertz CT molecular complexity index is 818. The molecule has 0 aromatic heterocycles. The highest BCUT2D eigenvalue weighted by Crippen LogP contribution is 2.24. The highest BCUT2D eigenvalue weighted by molar-refractivity contribution is 7.92. The minimum absolute atomic E-state index is 0.0695. The van der Waals surface area contributed by atoms with Crippen molar-refractivity contribution in [3.63, 3.8) is 0 Å². The predicted octanol–water partition coefficient (Wildman–Crippen LogP) is 3.72. The van der Waals surface area contributed by atoms with Crippen LogP contribution < -0.4 is 10.0 Å². The van der Waals surface area contributed by atoms with Gasteiger partial charge in [0.15, 0.2) is 0 Å². The van der Waals surface area contributed by atoms with E-state index in [2.05, 4.69) is 10.0 Å². The fourth-order valence-electron chi connectivity index (χ4n) is 2.48. The van der Waals surface area contributed by atoms with E-state index in [0.29, 0.717) is 36.2 Å². The summed E-state index contributed by atoms with van der Waals surface area (Å²) in [4.78, 5) is 12.2. The minimum atomic E-state index is -3.36. The normalized spacial score (nSPS) is 11.1. The highest BCUT2D eigenvalue weighted by atomic mass is 32.2. The van der Waals surface area contributed by atoms with E-state index in [9.17, 15) is 13.2 Å². The average Bonchev–Trinajstić information content (AvgIpc) is 2.57. The molecule has 1 amide bonds. The van der Waals surface area contributed by atoms with Gasteiger partial charge in [-0.3, -0.25) is 9.52 Å². The second-order valence-corrected chi connectivity index (χ2v) is 7.77. The molecule has 2 aromatic carbocycles. The Morgan fingerprint density at radius 1 is 1.00 bits per heavy atom. The minimum Gasteiger partial charge on any atom is -0.326 e. The molecule has 0 aliphatic rings. The summed E-state index contributed by atoms with van der Waals surface area (Å²) < 4.78 is 26.5. The molecule has 0 spiro atoms. The third-order valence-electron chi connectivity index (χ3n) is 3.83. The lowest BCUT2D eigenvalue weighted by Crippen LogP contribution is -2.18. The molecule has 0 heterocycles. The van der Waals surface area contributed by atoms with Crippen molar-refractivity contribution in [2.75, 3.05) is 15.8 Å². The van der Waals surface area contributed by atoms with Crippen LogP contribution in [0.4, 0.5) is 11.4 Å². The Morgan fingerprint density at radius 2 is 1.68 bits per heavy atom. The van der Waals surface area contributed by atoms with Crippen LogP contribution >= 0.6 is 0 Å². The standard InChI is InChI=1S/C19H24N2O3S/c1-3-14-25(23,24)21-18-11-7-10-17(15(18)2)20-19(22)13-12-16-8-5-4-6-9-16/h4-11,21H,3,12-14H2,1-2H3,(H,20,22). The molecule has 0 saturated carbocycles. The zero-order valence-electron chi connectivity index (χ0n) is 14.6. The molecule has 0 bridgehead atoms. The first-order valence-corrected chi connectivity index (χ1v) is 10.0. The van der Waals surface area contributed by atoms with Crippen molar-refractivity contribution in [3.8, 4) is 0 Å². The SMILES string of the molecule is CCCS(=O)(=O)Nc1cccc(NC(=O)CCc2ccccc2)c1C. The number of sulfonamides is 1. The Kier molecular flexibility index (Phi) is 6.58. The lowest BCUT2D eigenvalue weighted by atomic mass is 10.1. The van der Waals surface area contributed by atoms with Gasteiger partial charge < -0.3 is 5.32 Å². The van der Waals surface area contributed by atoms with E-state index in [4.69, 9.17) is 0 Å². The Labute approximate surface area is 149 Å². The van der Waals surface area contributed by atoms with Gasteiger partial charge in [-0.15, -0.1) is 0 Å². The predicted molar refractivity (Wildman–Crippen MR) is 102 cm³/mol. The lowest BCUT2D eigenvalue weighted by Gasteiger charge is -2.14. The molecule has 0 aliphatic heterocycles. The molecule has 2 N–H and O–H groups in total. The van der Waals surface area contributed by atoms with Gasteiger partial charge in [-0.2, -0.15) is 0 Å². The summed E-state index contributed by atoms with van der Waals surface area (Å²) in [5.74, 6) is -0.0272. The van der Waals surface area contributed by atoms with Crippen LogP contribution in [0.5, 0.6) is 0 Å². The maximum absolute atomic E-state index is 12.2. The maximum atomic E-state index is 12.2. The van der Waals surface area contributed by atoms with E-state index < -0.39 is 10.0 Å². The first kappa shape index (κ1) is 19.0. The van der Waals surface area contributed by atoms with Crippen LogP contribution in [0, 0.1) is 6.92 Å². The fourth-order valence-corrected chi connectivity index (χ4v) is 3.68. The number of hydrogen-bond donors (Lipinski definition) is 2. The highest BCUT2D eigenvalue weighted by Gasteiger charge is 2.13. The molecule has 134 valence electrons. The van der Waals surface area contributed by atoms with Gasteiger partial charge in [-0.25, -0.2) is 8.42 Å². The number of nitrogens with one attached hydrogen (secondary N) is 2. The Balaban J connectivity index is 2.02. The summed E-state index contributed by atoms with van der Waals surface area (Å²) in [5.41, 5.74) is 2.93. The van der Waals surface area contributed by atoms with Crippen molar-refractivity contribution >= 4 is 27.3 Å². The second-order valence-electron chi connectivity index (χ2n) is 5.93. The molecular formula is C19H24N2O3S. The van der Waals surface area contributed by atoms with Crippen molar-refractivity contribution in [1.29, 1.82) is 0 Å². The van der Waals surface area contributed by atoms with E-state index in [1.54, 1.807) is 25.1 Å². The first-order valence-electron chi connectivity index (χ1n) is 8.35. The molecule has 2 rings (SSSR count). The number of carbonyl (C=O) groups excluding carboxylic acids is 1. The molecule has 0 atom stereocenters. The van der Waals surface area contributed by atoms with Crippen molar-refractivity contribution in [1.82, 2.24) is 0 Å². The zero-order valence-corrected chi connectivity index (χ0v) is 15.4. The number of carbonyl (C=O) groups is 1. The number of benzene rings is 2. The van der Waals surface area contributed by atoms with Crippen LogP contribution in [0.15, 0.2) is 48.5 Å². The summed E-state index contributed by atoms with van der Waals surface area (Å²) >= 11 is 0. The molecule has 0 aliphatic carbocycles. The van der Waals surface area contributed by atoms with Crippen LogP contribution in [0.2, 0.25) is 0 Å². The van der Waals surface area contributed by atoms with Gasteiger partial charge in [0, 0.05) is 12.1 Å². The van der Waals surface area contributed by atoms with E-state index in [0.717, 1.165) is 5.56 Å². The van der Waals surface area contributed by atoms with Gasteiger partial charge >= 0.3 is 0 Å². The van der Waals surface area contributed by atoms with Gasteiger partial charge in [0.05, 0.1) is 11.4 Å². The molecule has 0 unspecified atom stereocenters. The van der Waals surface area contributed by atoms with Crippen molar-refractivity contribution in [3.05, 3.63) is 59.7 Å². The summed E-state index contributed by atoms with van der Waals surface area (Å²) in [6, 6.07) is 15.0. The largest absolute Gasteiger partial charge is 0.326 e. The zero-order chi connectivity index (χ0) is 18.3. The summed E-state index contributed by atoms with van der Waals surface area (Å²) in [7, 11) is -3.36. The third-order valence-corrected chi connectivity index (χ3v) is 5.31. The van der Waals surface area contributed by atoms with Crippen LogP contribution in [-0.2, 0) is 21.2 Å². The number of anilines is 2. The van der Waals surface area contributed by atoms with Gasteiger partial charge in [-0.1, -0.05) is 43.3 Å². The molecule has 0 fully saturated rings. The van der Waals surface area contributed by atoms with Crippen LogP contribution in [-0.4, -0.2) is 20.1 Å². The number of amides is 1. The number of rotatable bonds is 8. The molecule has 25 heavy (non-hydrogen) atoms. The maximum Gasteiger partial charge on any atom is 0.232 e. The topological polar surface area (TPSA) is 75.3 Å². The van der Waals surface area contributed by atoms with E-state index >= 15 is 0 Å². The number of aryl methyl sites for hydroxylation is 1. The van der Waals surface area contributed by atoms with Crippen LogP contribution in [0.25, 0.3) is 0 Å². The molecule has 2 aromatic rings. The Morgan fingerprint density at radius 3 is 2.36 bits per heavy atom. The monoisotopic (exact) mass is 360 g/mol. The fraction of sp³-hybridized carbons (Fsp3) is 0.316. The molecular weight excluding hydrogens is 336 g/mol. The van der Waals surface area contributed by atoms with E-state index in [-0.39, 0.29) is 11.7 Å². The Hall–Kier alpha value is -2.34. The van der Waals surface area contributed by atoms with Crippen LogP contribution in [0.3, 0.4) is 0 Å². The second kappa shape index (κ2) is 8.67. The lowest BCUT2D eigenvalue weighted by molar-refractivity contribution is -0.116. The average molecular weight is 360 g/mol. The summed E-state index contributed by atoms with van der Waals surface area (Å²) in [6.45, 7) is 3.60. The van der Waals surface area contributed by atoms with Crippen molar-refractivity contribution in [2.45, 2.75) is 33.1 Å². The van der Waals surface area contributed by atoms with Crippen LogP contribution in [0.1, 0.15) is 30.9 Å². The number of hydrogen-bond acceptors (Lipinski definition) is 3. The smallest absolute Gasteiger partial charge is 0.232 e. The molecule has 5 nitrogen and oxygen atoms in total. The van der Waals surface area contributed by atoms with Gasteiger partial charge in [-0.05, 0) is 43.0 Å². The quantitative estimate of drug-likeness (QED) is 0.753.